The first kappa shape index (κ1) is 27.4. The third kappa shape index (κ3) is 21.7. The predicted octanol–water partition coefficient (Wildman–Crippen LogP) is 7.67. The van der Waals surface area contributed by atoms with Gasteiger partial charge in [0, 0.05) is 6.54 Å². The van der Waals surface area contributed by atoms with E-state index < -0.39 is 0 Å². The fourth-order valence-corrected chi connectivity index (χ4v) is 3.56. The molecule has 0 unspecified atom stereocenters. The molecule has 0 aromatic heterocycles. The number of rotatable bonds is 22. The van der Waals surface area contributed by atoms with E-state index in [9.17, 15) is 5.11 Å². The quantitative estimate of drug-likeness (QED) is 0.151. The smallest absolute Gasteiger partial charge is 0.0558 e. The maximum atomic E-state index is 9.22. The molecule has 0 aromatic carbocycles. The number of nitrogens with zero attached hydrogens (tertiary/aromatic N) is 1. The fraction of sp³-hybridized carbons (Fsp3) is 0.846. The molecule has 0 aromatic rings. The molecule has 0 aliphatic carbocycles. The summed E-state index contributed by atoms with van der Waals surface area (Å²) in [5.74, 6) is 0. The van der Waals surface area contributed by atoms with E-state index in [4.69, 9.17) is 0 Å². The van der Waals surface area contributed by atoms with Crippen molar-refractivity contribution in [3.8, 4) is 0 Å². The zero-order valence-corrected chi connectivity index (χ0v) is 19.3. The number of aliphatic hydroxyl groups is 1. The molecule has 0 spiro atoms. The van der Waals surface area contributed by atoms with Gasteiger partial charge in [-0.3, -0.25) is 0 Å². The van der Waals surface area contributed by atoms with Gasteiger partial charge >= 0.3 is 0 Å². The average Bonchev–Trinajstić information content (AvgIpc) is 2.70. The molecule has 0 fully saturated rings. The highest BCUT2D eigenvalue weighted by Crippen LogP contribution is 2.09. The summed E-state index contributed by atoms with van der Waals surface area (Å²) >= 11 is 0. The molecule has 0 saturated carbocycles. The largest absolute Gasteiger partial charge is 0.395 e. The summed E-state index contributed by atoms with van der Waals surface area (Å²) in [7, 11) is 0. The minimum absolute atomic E-state index is 0.302. The Morgan fingerprint density at radius 3 is 1.57 bits per heavy atom. The van der Waals surface area contributed by atoms with Gasteiger partial charge in [0.1, 0.15) is 0 Å². The van der Waals surface area contributed by atoms with Crippen molar-refractivity contribution < 1.29 is 5.11 Å². The van der Waals surface area contributed by atoms with E-state index in [1.54, 1.807) is 0 Å². The monoisotopic (exact) mass is 393 g/mol. The van der Waals surface area contributed by atoms with Gasteiger partial charge in [0.25, 0.3) is 0 Å². The molecule has 0 aliphatic rings. The first-order chi connectivity index (χ1) is 13.8. The normalized spacial score (nSPS) is 12.1. The van der Waals surface area contributed by atoms with Crippen LogP contribution in [-0.4, -0.2) is 36.2 Å². The van der Waals surface area contributed by atoms with Crippen molar-refractivity contribution in [2.45, 2.75) is 117 Å². The van der Waals surface area contributed by atoms with Crippen molar-refractivity contribution >= 4 is 0 Å². The maximum absolute atomic E-state index is 9.22. The summed E-state index contributed by atoms with van der Waals surface area (Å²) in [5, 5.41) is 9.22. The van der Waals surface area contributed by atoms with Gasteiger partial charge in [-0.25, -0.2) is 0 Å². The van der Waals surface area contributed by atoms with Gasteiger partial charge in [-0.2, -0.15) is 0 Å². The van der Waals surface area contributed by atoms with Gasteiger partial charge in [-0.05, 0) is 58.0 Å². The summed E-state index contributed by atoms with van der Waals surface area (Å²) < 4.78 is 0. The van der Waals surface area contributed by atoms with Crippen molar-refractivity contribution in [2.24, 2.45) is 0 Å². The summed E-state index contributed by atoms with van der Waals surface area (Å²) in [6.07, 6.45) is 30.3. The van der Waals surface area contributed by atoms with Crippen LogP contribution in [0.1, 0.15) is 117 Å². The van der Waals surface area contributed by atoms with E-state index in [1.165, 1.54) is 109 Å². The van der Waals surface area contributed by atoms with Crippen LogP contribution >= 0.6 is 0 Å². The second kappa shape index (κ2) is 24.4. The topological polar surface area (TPSA) is 23.5 Å². The Morgan fingerprint density at radius 2 is 1.00 bits per heavy atom. The number of allylic oxidation sites excluding steroid dienone is 4. The molecule has 0 atom stereocenters. The summed E-state index contributed by atoms with van der Waals surface area (Å²) in [6.45, 7) is 8.01. The molecular formula is C26H51NO. The zero-order valence-electron chi connectivity index (χ0n) is 19.3. The molecule has 0 aliphatic heterocycles. The highest BCUT2D eigenvalue weighted by Gasteiger charge is 2.03. The number of hydrogen-bond donors (Lipinski definition) is 1. The van der Waals surface area contributed by atoms with Crippen LogP contribution in [0.25, 0.3) is 0 Å². The molecule has 0 rings (SSSR count). The molecule has 166 valence electrons. The second-order valence-corrected chi connectivity index (χ2v) is 8.21. The van der Waals surface area contributed by atoms with Crippen molar-refractivity contribution in [3.63, 3.8) is 0 Å². The van der Waals surface area contributed by atoms with Crippen LogP contribution in [0.4, 0.5) is 0 Å². The fourth-order valence-electron chi connectivity index (χ4n) is 3.56. The lowest BCUT2D eigenvalue weighted by Crippen LogP contribution is -2.29. The van der Waals surface area contributed by atoms with Crippen molar-refractivity contribution in [1.82, 2.24) is 4.90 Å². The van der Waals surface area contributed by atoms with E-state index in [1.807, 2.05) is 0 Å². The zero-order chi connectivity index (χ0) is 20.5. The molecule has 2 nitrogen and oxygen atoms in total. The highest BCUT2D eigenvalue weighted by molar-refractivity contribution is 4.92. The Morgan fingerprint density at radius 1 is 0.536 bits per heavy atom. The van der Waals surface area contributed by atoms with Crippen LogP contribution in [0.3, 0.4) is 0 Å². The Balaban J connectivity index is 3.41. The van der Waals surface area contributed by atoms with Gasteiger partial charge in [0.15, 0.2) is 0 Å². The number of aliphatic hydroxyl groups excluding tert-OH is 1. The molecule has 0 bridgehead atoms. The van der Waals surface area contributed by atoms with Crippen molar-refractivity contribution in [2.75, 3.05) is 26.2 Å². The highest BCUT2D eigenvalue weighted by atomic mass is 16.3. The lowest BCUT2D eigenvalue weighted by atomic mass is 10.1. The predicted molar refractivity (Wildman–Crippen MR) is 127 cm³/mol. The molecule has 2 heteroatoms. The Kier molecular flexibility index (Phi) is 23.9. The molecular weight excluding hydrogens is 342 g/mol. The third-order valence-electron chi connectivity index (χ3n) is 5.42. The van der Waals surface area contributed by atoms with Crippen molar-refractivity contribution in [3.05, 3.63) is 24.3 Å². The first-order valence-electron chi connectivity index (χ1n) is 12.5. The van der Waals surface area contributed by atoms with E-state index in [2.05, 4.69) is 43.1 Å². The van der Waals surface area contributed by atoms with Crippen LogP contribution in [-0.2, 0) is 0 Å². The summed E-state index contributed by atoms with van der Waals surface area (Å²) in [6, 6.07) is 0. The maximum Gasteiger partial charge on any atom is 0.0558 e. The molecule has 28 heavy (non-hydrogen) atoms. The van der Waals surface area contributed by atoms with E-state index in [0.717, 1.165) is 13.0 Å². The minimum atomic E-state index is 0.302. The summed E-state index contributed by atoms with van der Waals surface area (Å²) in [5.41, 5.74) is 0. The molecule has 0 radical (unpaired) electrons. The first-order valence-corrected chi connectivity index (χ1v) is 12.5. The van der Waals surface area contributed by atoms with Crippen LogP contribution in [0.2, 0.25) is 0 Å². The van der Waals surface area contributed by atoms with Gasteiger partial charge in [0.2, 0.25) is 0 Å². The van der Waals surface area contributed by atoms with Gasteiger partial charge in [0.05, 0.1) is 6.61 Å². The van der Waals surface area contributed by atoms with Crippen molar-refractivity contribution in [1.29, 1.82) is 0 Å². The van der Waals surface area contributed by atoms with Crippen LogP contribution < -0.4 is 0 Å². The van der Waals surface area contributed by atoms with Crippen LogP contribution in [0.5, 0.6) is 0 Å². The Hall–Kier alpha value is -0.600. The molecule has 1 N–H and O–H groups in total. The van der Waals surface area contributed by atoms with Crippen LogP contribution in [0.15, 0.2) is 24.3 Å². The third-order valence-corrected chi connectivity index (χ3v) is 5.42. The second-order valence-electron chi connectivity index (χ2n) is 8.21. The number of unbranched alkanes of at least 4 members (excludes halogenated alkanes) is 12. The SMILES string of the molecule is CCCCC/C=C\C/C=C\CCCCCCCCN(CCO)CCCCCC. The van der Waals surface area contributed by atoms with Gasteiger partial charge in [-0.1, -0.05) is 95.9 Å². The molecule has 0 saturated heterocycles. The van der Waals surface area contributed by atoms with Crippen LogP contribution in [0, 0.1) is 0 Å². The van der Waals surface area contributed by atoms with Gasteiger partial charge in [-0.15, -0.1) is 0 Å². The van der Waals surface area contributed by atoms with E-state index in [-0.39, 0.29) is 0 Å². The lowest BCUT2D eigenvalue weighted by Gasteiger charge is -2.21. The van der Waals surface area contributed by atoms with E-state index in [0.29, 0.717) is 6.61 Å². The molecule has 0 amide bonds. The minimum Gasteiger partial charge on any atom is -0.395 e. The lowest BCUT2D eigenvalue weighted by molar-refractivity contribution is 0.190. The van der Waals surface area contributed by atoms with Gasteiger partial charge < -0.3 is 10.0 Å². The average molecular weight is 394 g/mol. The molecule has 0 heterocycles. The Labute approximate surface area is 177 Å². The Bertz CT molecular complexity index is 337. The number of hydrogen-bond acceptors (Lipinski definition) is 2. The van der Waals surface area contributed by atoms with E-state index >= 15 is 0 Å². The summed E-state index contributed by atoms with van der Waals surface area (Å²) in [4.78, 5) is 2.46. The standard InChI is InChI=1S/C26H51NO/c1-3-5-7-9-10-11-12-13-14-15-16-17-18-19-20-22-24-27(25-26-28)23-21-8-6-4-2/h10-11,13-14,28H,3-9,12,15-26H2,1-2H3/b11-10-,14-13-.